The molecule has 3 rings (SSSR count). The van der Waals surface area contributed by atoms with Gasteiger partial charge in [0.1, 0.15) is 10.7 Å². The maximum Gasteiger partial charge on any atom is 0.273 e. The Morgan fingerprint density at radius 1 is 1.38 bits per heavy atom. The number of rotatable bonds is 3. The van der Waals surface area contributed by atoms with Gasteiger partial charge in [-0.3, -0.25) is 4.79 Å². The van der Waals surface area contributed by atoms with Crippen LogP contribution in [0.5, 0.6) is 0 Å². The Morgan fingerprint density at radius 2 is 2.19 bits per heavy atom. The summed E-state index contributed by atoms with van der Waals surface area (Å²) in [7, 11) is 1.77. The van der Waals surface area contributed by atoms with E-state index in [0.717, 1.165) is 35.6 Å². The fraction of sp³-hybridized carbons (Fsp3) is 0.467. The van der Waals surface area contributed by atoms with E-state index < -0.39 is 6.10 Å². The molecule has 4 nitrogen and oxygen atoms in total. The van der Waals surface area contributed by atoms with Crippen LogP contribution in [0.1, 0.15) is 36.2 Å². The molecule has 1 aliphatic carbocycles. The van der Waals surface area contributed by atoms with Gasteiger partial charge in [0.05, 0.1) is 17.0 Å². The van der Waals surface area contributed by atoms with Crippen LogP contribution in [0.25, 0.3) is 9.88 Å². The zero-order chi connectivity index (χ0) is 14.8. The summed E-state index contributed by atoms with van der Waals surface area (Å²) >= 11 is 3.11. The van der Waals surface area contributed by atoms with Crippen molar-refractivity contribution < 1.29 is 9.90 Å². The number of nitrogens with zero attached hydrogens (tertiary/aromatic N) is 2. The van der Waals surface area contributed by atoms with E-state index in [-0.39, 0.29) is 11.9 Å². The Kier molecular flexibility index (Phi) is 4.37. The van der Waals surface area contributed by atoms with Crippen molar-refractivity contribution in [3.8, 4) is 9.88 Å². The van der Waals surface area contributed by atoms with E-state index in [4.69, 9.17) is 0 Å². The third-order valence-corrected chi connectivity index (χ3v) is 5.85. The molecule has 0 radical (unpaired) electrons. The van der Waals surface area contributed by atoms with Gasteiger partial charge < -0.3 is 10.0 Å². The number of aliphatic hydroxyl groups excluding tert-OH is 1. The van der Waals surface area contributed by atoms with E-state index in [0.29, 0.717) is 5.69 Å². The molecule has 2 aromatic heterocycles. The first kappa shape index (κ1) is 14.7. The first-order chi connectivity index (χ1) is 10.2. The van der Waals surface area contributed by atoms with Crippen LogP contribution in [0.3, 0.4) is 0 Å². The number of hydrogen-bond acceptors (Lipinski definition) is 5. The Labute approximate surface area is 132 Å². The Balaban J connectivity index is 1.75. The molecule has 0 bridgehead atoms. The summed E-state index contributed by atoms with van der Waals surface area (Å²) in [5.74, 6) is -0.0972. The average Bonchev–Trinajstić information content (AvgIpc) is 3.17. The van der Waals surface area contributed by atoms with Crippen LogP contribution in [0.2, 0.25) is 0 Å². The van der Waals surface area contributed by atoms with Gasteiger partial charge in [-0.25, -0.2) is 4.98 Å². The molecule has 2 heterocycles. The van der Waals surface area contributed by atoms with Crippen molar-refractivity contribution in [3.05, 3.63) is 28.6 Å². The number of amides is 1. The zero-order valence-corrected chi connectivity index (χ0v) is 13.5. The van der Waals surface area contributed by atoms with Gasteiger partial charge in [-0.05, 0) is 24.3 Å². The molecule has 112 valence electrons. The Bertz CT molecular complexity index is 609. The highest BCUT2D eigenvalue weighted by Gasteiger charge is 2.30. The number of thiophene rings is 1. The van der Waals surface area contributed by atoms with Gasteiger partial charge in [-0.1, -0.05) is 18.9 Å². The Hall–Kier alpha value is -1.24. The smallest absolute Gasteiger partial charge is 0.273 e. The number of likely N-dealkylation sites (N-methyl/N-ethyl adjacent to an activating group) is 1. The van der Waals surface area contributed by atoms with Crippen LogP contribution in [0.4, 0.5) is 0 Å². The number of thiazole rings is 1. The highest BCUT2D eigenvalue weighted by atomic mass is 32.1. The van der Waals surface area contributed by atoms with Gasteiger partial charge in [0.15, 0.2) is 0 Å². The first-order valence-electron chi connectivity index (χ1n) is 7.11. The second-order valence-electron chi connectivity index (χ2n) is 5.35. The fourth-order valence-corrected chi connectivity index (χ4v) is 4.37. The highest BCUT2D eigenvalue weighted by Crippen LogP contribution is 2.29. The summed E-state index contributed by atoms with van der Waals surface area (Å²) in [6.07, 6.45) is 3.34. The number of carbonyl (C=O) groups is 1. The predicted molar refractivity (Wildman–Crippen MR) is 85.8 cm³/mol. The highest BCUT2D eigenvalue weighted by molar-refractivity contribution is 7.20. The summed E-state index contributed by atoms with van der Waals surface area (Å²) in [6.45, 7) is 0. The van der Waals surface area contributed by atoms with E-state index in [9.17, 15) is 9.90 Å². The van der Waals surface area contributed by atoms with Crippen molar-refractivity contribution in [3.63, 3.8) is 0 Å². The predicted octanol–water partition coefficient (Wildman–Crippen LogP) is 3.25. The molecule has 2 unspecified atom stereocenters. The van der Waals surface area contributed by atoms with Crippen LogP contribution in [0, 0.1) is 0 Å². The summed E-state index contributed by atoms with van der Waals surface area (Å²) in [4.78, 5) is 19.7. The largest absolute Gasteiger partial charge is 0.391 e. The molecule has 0 spiro atoms. The lowest BCUT2D eigenvalue weighted by Gasteiger charge is -2.34. The molecule has 1 saturated carbocycles. The van der Waals surface area contributed by atoms with Crippen LogP contribution < -0.4 is 0 Å². The fourth-order valence-electron chi connectivity index (χ4n) is 2.76. The molecule has 0 aromatic carbocycles. The molecule has 6 heteroatoms. The van der Waals surface area contributed by atoms with Gasteiger partial charge in [0.25, 0.3) is 5.91 Å². The van der Waals surface area contributed by atoms with E-state index in [1.165, 1.54) is 11.3 Å². The topological polar surface area (TPSA) is 53.4 Å². The number of hydrogen-bond donors (Lipinski definition) is 1. The molecular formula is C15H18N2O2S2. The molecule has 1 aliphatic rings. The monoisotopic (exact) mass is 322 g/mol. The van der Waals surface area contributed by atoms with E-state index in [1.54, 1.807) is 23.3 Å². The normalized spacial score (nSPS) is 22.2. The van der Waals surface area contributed by atoms with Gasteiger partial charge in [-0.15, -0.1) is 22.7 Å². The lowest BCUT2D eigenvalue weighted by molar-refractivity contribution is 0.0265. The molecule has 21 heavy (non-hydrogen) atoms. The minimum absolute atomic E-state index is 0.0851. The minimum Gasteiger partial charge on any atom is -0.391 e. The molecule has 0 saturated heterocycles. The van der Waals surface area contributed by atoms with Crippen LogP contribution in [-0.4, -0.2) is 40.1 Å². The molecular weight excluding hydrogens is 304 g/mol. The second-order valence-corrected chi connectivity index (χ2v) is 7.16. The van der Waals surface area contributed by atoms with Gasteiger partial charge >= 0.3 is 0 Å². The van der Waals surface area contributed by atoms with Crippen LogP contribution in [0.15, 0.2) is 22.9 Å². The summed E-state index contributed by atoms with van der Waals surface area (Å²) in [6, 6.07) is 3.90. The summed E-state index contributed by atoms with van der Waals surface area (Å²) in [5, 5.41) is 14.8. The molecule has 1 fully saturated rings. The molecule has 2 atom stereocenters. The average molecular weight is 322 g/mol. The van der Waals surface area contributed by atoms with Crippen LogP contribution >= 0.6 is 22.7 Å². The Morgan fingerprint density at radius 3 is 2.90 bits per heavy atom. The third-order valence-electron chi connectivity index (χ3n) is 3.97. The number of carbonyl (C=O) groups excluding carboxylic acids is 1. The lowest BCUT2D eigenvalue weighted by Crippen LogP contribution is -2.46. The zero-order valence-electron chi connectivity index (χ0n) is 11.9. The van der Waals surface area contributed by atoms with E-state index in [2.05, 4.69) is 4.98 Å². The van der Waals surface area contributed by atoms with Crippen LogP contribution in [-0.2, 0) is 0 Å². The lowest BCUT2D eigenvalue weighted by atomic mass is 9.91. The number of aliphatic hydroxyl groups is 1. The maximum atomic E-state index is 12.5. The van der Waals surface area contributed by atoms with Crippen molar-refractivity contribution >= 4 is 28.6 Å². The van der Waals surface area contributed by atoms with Crippen molar-refractivity contribution in [2.24, 2.45) is 0 Å². The number of aromatic nitrogens is 1. The van der Waals surface area contributed by atoms with Crippen molar-refractivity contribution in [1.82, 2.24) is 9.88 Å². The SMILES string of the molecule is CN(C(=O)c1csc(-c2cccs2)n1)C1CCCCC1O. The quantitative estimate of drug-likeness (QED) is 0.944. The summed E-state index contributed by atoms with van der Waals surface area (Å²) < 4.78 is 0. The summed E-state index contributed by atoms with van der Waals surface area (Å²) in [5.41, 5.74) is 0.476. The standard InChI is InChI=1S/C15H18N2O2S2/c1-17(11-5-2-3-6-12(11)18)15(19)10-9-21-14(16-10)13-7-4-8-20-13/h4,7-9,11-12,18H,2-3,5-6H2,1H3. The third kappa shape index (κ3) is 3.02. The van der Waals surface area contributed by atoms with Crippen molar-refractivity contribution in [2.45, 2.75) is 37.8 Å². The van der Waals surface area contributed by atoms with Crippen molar-refractivity contribution in [2.75, 3.05) is 7.05 Å². The first-order valence-corrected chi connectivity index (χ1v) is 8.87. The van der Waals surface area contributed by atoms with Gasteiger partial charge in [0.2, 0.25) is 0 Å². The van der Waals surface area contributed by atoms with Crippen molar-refractivity contribution in [1.29, 1.82) is 0 Å². The molecule has 1 amide bonds. The molecule has 2 aromatic rings. The molecule has 0 aliphatic heterocycles. The van der Waals surface area contributed by atoms with Gasteiger partial charge in [0, 0.05) is 12.4 Å². The second kappa shape index (κ2) is 6.25. The molecule has 1 N–H and O–H groups in total. The van der Waals surface area contributed by atoms with E-state index in [1.807, 2.05) is 22.9 Å². The maximum absolute atomic E-state index is 12.5. The van der Waals surface area contributed by atoms with E-state index >= 15 is 0 Å². The van der Waals surface area contributed by atoms with Gasteiger partial charge in [-0.2, -0.15) is 0 Å². The minimum atomic E-state index is -0.414.